The lowest BCUT2D eigenvalue weighted by molar-refractivity contribution is 0.0606. The fourth-order valence-electron chi connectivity index (χ4n) is 2.19. The molecule has 1 unspecified atom stereocenters. The van der Waals surface area contributed by atoms with Gasteiger partial charge in [-0.3, -0.25) is 4.79 Å². The molecular formula is C17H15N3O4S. The highest BCUT2D eigenvalue weighted by Gasteiger charge is 2.22. The number of esters is 1. The van der Waals surface area contributed by atoms with Gasteiger partial charge in [-0.2, -0.15) is 0 Å². The summed E-state index contributed by atoms with van der Waals surface area (Å²) in [6, 6.07) is 10.8. The second-order valence-corrected chi connectivity index (χ2v) is 6.03. The van der Waals surface area contributed by atoms with Crippen molar-refractivity contribution >= 4 is 23.1 Å². The van der Waals surface area contributed by atoms with Gasteiger partial charge in [-0.15, -0.1) is 16.4 Å². The molecule has 0 amide bonds. The van der Waals surface area contributed by atoms with Crippen LogP contribution in [0.4, 0.5) is 0 Å². The van der Waals surface area contributed by atoms with Crippen LogP contribution in [0.25, 0.3) is 5.69 Å². The fourth-order valence-corrected chi connectivity index (χ4v) is 2.98. The Kier molecular flexibility index (Phi) is 4.90. The zero-order valence-electron chi connectivity index (χ0n) is 13.6. The number of hydrogen-bond donors (Lipinski definition) is 0. The van der Waals surface area contributed by atoms with E-state index in [0.29, 0.717) is 16.3 Å². The lowest BCUT2D eigenvalue weighted by Crippen LogP contribution is -2.24. The molecule has 0 aliphatic heterocycles. The predicted molar refractivity (Wildman–Crippen MR) is 91.4 cm³/mol. The summed E-state index contributed by atoms with van der Waals surface area (Å²) < 4.78 is 11.7. The first-order chi connectivity index (χ1) is 12.1. The third-order valence-electron chi connectivity index (χ3n) is 3.43. The lowest BCUT2D eigenvalue weighted by atomic mass is 10.2. The second kappa shape index (κ2) is 7.27. The maximum atomic E-state index is 12.5. The quantitative estimate of drug-likeness (QED) is 0.498. The second-order valence-electron chi connectivity index (χ2n) is 5.11. The summed E-state index contributed by atoms with van der Waals surface area (Å²) in [5, 5.41) is 9.57. The van der Waals surface area contributed by atoms with Crippen molar-refractivity contribution in [2.75, 3.05) is 7.11 Å². The minimum absolute atomic E-state index is 0.158. The number of rotatable bonds is 6. The van der Waals surface area contributed by atoms with Crippen LogP contribution in [0.2, 0.25) is 0 Å². The van der Waals surface area contributed by atoms with Gasteiger partial charge in [0.2, 0.25) is 5.78 Å². The summed E-state index contributed by atoms with van der Waals surface area (Å²) in [5.41, 5.74) is 0.672. The van der Waals surface area contributed by atoms with Crippen molar-refractivity contribution in [3.05, 3.63) is 58.5 Å². The zero-order chi connectivity index (χ0) is 17.8. The van der Waals surface area contributed by atoms with Gasteiger partial charge in [0.05, 0.1) is 19.0 Å². The number of Topliss-reactive ketones (excluding diaryl/α,β-unsaturated/α-hetero) is 1. The number of nitrogens with zero attached hydrogens (tertiary/aromatic N) is 3. The van der Waals surface area contributed by atoms with Crippen molar-refractivity contribution in [1.82, 2.24) is 15.0 Å². The van der Waals surface area contributed by atoms with Gasteiger partial charge in [-0.1, -0.05) is 23.4 Å². The van der Waals surface area contributed by atoms with Crippen LogP contribution in [0.3, 0.4) is 0 Å². The predicted octanol–water partition coefficient (Wildman–Crippen LogP) is 2.77. The van der Waals surface area contributed by atoms with Gasteiger partial charge in [0, 0.05) is 0 Å². The molecule has 0 aliphatic rings. The normalized spacial score (nSPS) is 11.8. The van der Waals surface area contributed by atoms with E-state index in [4.69, 9.17) is 9.47 Å². The van der Waals surface area contributed by atoms with E-state index in [1.807, 2.05) is 18.2 Å². The van der Waals surface area contributed by atoms with Crippen LogP contribution in [0.15, 0.2) is 48.0 Å². The molecule has 0 fully saturated rings. The molecule has 1 aromatic carbocycles. The third-order valence-corrected chi connectivity index (χ3v) is 4.32. The molecule has 3 aromatic rings. The minimum Gasteiger partial charge on any atom is -0.483 e. The summed E-state index contributed by atoms with van der Waals surface area (Å²) in [5.74, 6) is -0.166. The number of carbonyl (C=O) groups is 2. The zero-order valence-corrected chi connectivity index (χ0v) is 14.4. The highest BCUT2D eigenvalue weighted by Crippen LogP contribution is 2.22. The Bertz CT molecular complexity index is 888. The van der Waals surface area contributed by atoms with E-state index in [-0.39, 0.29) is 11.5 Å². The molecule has 3 rings (SSSR count). The van der Waals surface area contributed by atoms with E-state index in [2.05, 4.69) is 10.3 Å². The summed E-state index contributed by atoms with van der Waals surface area (Å²) >= 11 is 1.23. The number of ether oxygens (including phenoxy) is 2. The number of carbonyl (C=O) groups excluding carboxylic acids is 2. The Morgan fingerprint density at radius 2 is 1.96 bits per heavy atom. The summed E-state index contributed by atoms with van der Waals surface area (Å²) in [6.07, 6.45) is 0.761. The molecule has 0 aliphatic carbocycles. The first-order valence-corrected chi connectivity index (χ1v) is 8.32. The van der Waals surface area contributed by atoms with E-state index in [1.54, 1.807) is 30.5 Å². The molecule has 2 aromatic heterocycles. The molecule has 8 heteroatoms. The SMILES string of the molecule is COC(=O)c1sccc1-n1cc(C(=O)C(C)Oc2ccccc2)nn1. The standard InChI is InChI=1S/C17H15N3O4S/c1-11(24-12-6-4-3-5-7-12)15(21)13-10-20(19-18-13)14-8-9-25-16(14)17(22)23-2/h3-11H,1-2H3. The first kappa shape index (κ1) is 16.8. The highest BCUT2D eigenvalue weighted by molar-refractivity contribution is 7.12. The summed E-state index contributed by atoms with van der Waals surface area (Å²) in [6.45, 7) is 1.65. The molecule has 0 N–H and O–H groups in total. The van der Waals surface area contributed by atoms with E-state index < -0.39 is 12.1 Å². The number of methoxy groups -OCH3 is 1. The van der Waals surface area contributed by atoms with Gasteiger partial charge < -0.3 is 9.47 Å². The average Bonchev–Trinajstić information content (AvgIpc) is 3.30. The van der Waals surface area contributed by atoms with Crippen molar-refractivity contribution in [2.24, 2.45) is 0 Å². The fraction of sp³-hybridized carbons (Fsp3) is 0.176. The van der Waals surface area contributed by atoms with Gasteiger partial charge in [-0.05, 0) is 30.5 Å². The van der Waals surface area contributed by atoms with Crippen LogP contribution in [0.1, 0.15) is 27.1 Å². The van der Waals surface area contributed by atoms with Gasteiger partial charge in [0.1, 0.15) is 10.6 Å². The largest absolute Gasteiger partial charge is 0.483 e. The van der Waals surface area contributed by atoms with Gasteiger partial charge in [0.25, 0.3) is 0 Å². The van der Waals surface area contributed by atoms with Gasteiger partial charge >= 0.3 is 5.97 Å². The number of benzene rings is 1. The molecule has 7 nitrogen and oxygen atoms in total. The van der Waals surface area contributed by atoms with E-state index in [9.17, 15) is 9.59 Å². The van der Waals surface area contributed by atoms with E-state index in [0.717, 1.165) is 0 Å². The summed E-state index contributed by atoms with van der Waals surface area (Å²) in [7, 11) is 1.31. The van der Waals surface area contributed by atoms with Crippen LogP contribution in [0, 0.1) is 0 Å². The number of aromatic nitrogens is 3. The van der Waals surface area contributed by atoms with E-state index in [1.165, 1.54) is 29.3 Å². The van der Waals surface area contributed by atoms with Crippen LogP contribution < -0.4 is 4.74 Å². The Labute approximate surface area is 147 Å². The number of hydrogen-bond acceptors (Lipinski definition) is 7. The Balaban J connectivity index is 1.78. The highest BCUT2D eigenvalue weighted by atomic mass is 32.1. The monoisotopic (exact) mass is 357 g/mol. The molecule has 0 bridgehead atoms. The molecule has 0 radical (unpaired) electrons. The van der Waals surface area contributed by atoms with Crippen molar-refractivity contribution in [3.8, 4) is 11.4 Å². The Morgan fingerprint density at radius 1 is 1.20 bits per heavy atom. The van der Waals surface area contributed by atoms with Crippen molar-refractivity contribution < 1.29 is 19.1 Å². The van der Waals surface area contributed by atoms with E-state index >= 15 is 0 Å². The average molecular weight is 357 g/mol. The number of ketones is 1. The molecule has 2 heterocycles. The molecule has 128 valence electrons. The minimum atomic E-state index is -0.713. The molecule has 1 atom stereocenters. The molecule has 25 heavy (non-hydrogen) atoms. The van der Waals surface area contributed by atoms with Gasteiger partial charge in [0.15, 0.2) is 11.8 Å². The first-order valence-electron chi connectivity index (χ1n) is 7.44. The number of para-hydroxylation sites is 1. The van der Waals surface area contributed by atoms with Crippen LogP contribution in [-0.2, 0) is 4.74 Å². The van der Waals surface area contributed by atoms with Crippen LogP contribution >= 0.6 is 11.3 Å². The Morgan fingerprint density at radius 3 is 2.68 bits per heavy atom. The lowest BCUT2D eigenvalue weighted by Gasteiger charge is -2.11. The topological polar surface area (TPSA) is 83.3 Å². The molecule has 0 saturated carbocycles. The van der Waals surface area contributed by atoms with Crippen molar-refractivity contribution in [3.63, 3.8) is 0 Å². The molecular weight excluding hydrogens is 342 g/mol. The maximum absolute atomic E-state index is 12.5. The van der Waals surface area contributed by atoms with Crippen molar-refractivity contribution in [1.29, 1.82) is 0 Å². The molecule has 0 spiro atoms. The number of thiophene rings is 1. The van der Waals surface area contributed by atoms with Crippen LogP contribution in [0.5, 0.6) is 5.75 Å². The summed E-state index contributed by atoms with van der Waals surface area (Å²) in [4.78, 5) is 24.6. The maximum Gasteiger partial charge on any atom is 0.350 e. The smallest absolute Gasteiger partial charge is 0.350 e. The molecule has 0 saturated heterocycles. The van der Waals surface area contributed by atoms with Gasteiger partial charge in [-0.25, -0.2) is 9.48 Å². The Hall–Kier alpha value is -3.00. The third kappa shape index (κ3) is 3.58. The van der Waals surface area contributed by atoms with Crippen molar-refractivity contribution in [2.45, 2.75) is 13.0 Å². The van der Waals surface area contributed by atoms with Crippen LogP contribution in [-0.4, -0.2) is 40.0 Å².